The fourth-order valence-corrected chi connectivity index (χ4v) is 1.76. The lowest BCUT2D eigenvalue weighted by Gasteiger charge is -2.08. The Morgan fingerprint density at radius 1 is 1.20 bits per heavy atom. The zero-order chi connectivity index (χ0) is 10.8. The Kier molecular flexibility index (Phi) is 2.64. The van der Waals surface area contributed by atoms with Crippen LogP contribution in [0.4, 0.5) is 0 Å². The average Bonchev–Trinajstić information content (AvgIpc) is 2.24. The van der Waals surface area contributed by atoms with Gasteiger partial charge in [-0.1, -0.05) is 42.5 Å². The van der Waals surface area contributed by atoms with Crippen molar-refractivity contribution < 1.29 is 0 Å². The van der Waals surface area contributed by atoms with Crippen LogP contribution in [0, 0.1) is 11.6 Å². The van der Waals surface area contributed by atoms with Gasteiger partial charge in [0.25, 0.3) is 0 Å². The van der Waals surface area contributed by atoms with E-state index in [0.717, 1.165) is 21.7 Å². The molecule has 76 valence electrons. The van der Waals surface area contributed by atoms with Crippen LogP contribution in [0.2, 0.25) is 0 Å². The summed E-state index contributed by atoms with van der Waals surface area (Å²) in [6, 6.07) is 12.0. The van der Waals surface area contributed by atoms with Crippen molar-refractivity contribution in [3.05, 3.63) is 46.7 Å². The van der Waals surface area contributed by atoms with Gasteiger partial charge in [0.1, 0.15) is 10.5 Å². The Morgan fingerprint density at radius 2 is 1.87 bits per heavy atom. The van der Waals surface area contributed by atoms with Crippen molar-refractivity contribution in [1.29, 1.82) is 0 Å². The van der Waals surface area contributed by atoms with Gasteiger partial charge in [0, 0.05) is 18.3 Å². The summed E-state index contributed by atoms with van der Waals surface area (Å²) >= 11 is 5.25. The smallest absolute Gasteiger partial charge is 0.140 e. The number of rotatable bonds is 1. The predicted octanol–water partition coefficient (Wildman–Crippen LogP) is 3.13. The molecular weight excluding hydrogens is 204 g/mol. The first-order valence-electron chi connectivity index (χ1n) is 4.78. The highest BCUT2D eigenvalue weighted by molar-refractivity contribution is 7.71. The first-order chi connectivity index (χ1) is 7.18. The number of hydrogen-bond donors (Lipinski definition) is 0. The van der Waals surface area contributed by atoms with Crippen molar-refractivity contribution >= 4 is 12.2 Å². The maximum atomic E-state index is 5.25. The van der Waals surface area contributed by atoms with Gasteiger partial charge in [-0.3, -0.25) is 0 Å². The minimum atomic E-state index is 0.807. The molecule has 0 bridgehead atoms. The first kappa shape index (κ1) is 10.1. The number of nitrogens with zero attached hydrogens (tertiary/aromatic N) is 2. The second-order valence-corrected chi connectivity index (χ2v) is 3.90. The van der Waals surface area contributed by atoms with Crippen molar-refractivity contribution in [3.63, 3.8) is 0 Å². The molecule has 0 aliphatic carbocycles. The SMILES string of the molecule is Cc1cc(=S)n(C)c(-c2ccccc2)n1. The molecule has 0 amide bonds. The molecule has 1 aromatic heterocycles. The zero-order valence-corrected chi connectivity index (χ0v) is 9.58. The van der Waals surface area contributed by atoms with Crippen LogP contribution in [-0.4, -0.2) is 9.55 Å². The van der Waals surface area contributed by atoms with Crippen LogP contribution in [0.25, 0.3) is 11.4 Å². The van der Waals surface area contributed by atoms with E-state index in [4.69, 9.17) is 12.2 Å². The summed E-state index contributed by atoms with van der Waals surface area (Å²) in [6.45, 7) is 1.96. The Labute approximate surface area is 94.2 Å². The second-order valence-electron chi connectivity index (χ2n) is 3.48. The molecule has 0 spiro atoms. The number of aromatic nitrogens is 2. The monoisotopic (exact) mass is 216 g/mol. The van der Waals surface area contributed by atoms with Gasteiger partial charge < -0.3 is 4.57 Å². The molecule has 0 aliphatic heterocycles. The summed E-state index contributed by atoms with van der Waals surface area (Å²) in [5.41, 5.74) is 2.05. The van der Waals surface area contributed by atoms with Crippen LogP contribution < -0.4 is 0 Å². The lowest BCUT2D eigenvalue weighted by molar-refractivity contribution is 0.851. The predicted molar refractivity (Wildman–Crippen MR) is 64.2 cm³/mol. The molecule has 0 N–H and O–H groups in total. The minimum absolute atomic E-state index is 0.807. The minimum Gasteiger partial charge on any atom is -0.320 e. The molecule has 0 fully saturated rings. The van der Waals surface area contributed by atoms with Crippen LogP contribution in [-0.2, 0) is 7.05 Å². The highest BCUT2D eigenvalue weighted by Crippen LogP contribution is 2.16. The summed E-state index contributed by atoms with van der Waals surface area (Å²) in [4.78, 5) is 4.50. The van der Waals surface area contributed by atoms with Crippen molar-refractivity contribution in [1.82, 2.24) is 9.55 Å². The highest BCUT2D eigenvalue weighted by Gasteiger charge is 2.03. The maximum absolute atomic E-state index is 5.25. The molecule has 0 radical (unpaired) electrons. The maximum Gasteiger partial charge on any atom is 0.140 e. The van der Waals surface area contributed by atoms with Crippen LogP contribution in [0.5, 0.6) is 0 Å². The van der Waals surface area contributed by atoms with E-state index in [-0.39, 0.29) is 0 Å². The molecule has 2 nitrogen and oxygen atoms in total. The van der Waals surface area contributed by atoms with E-state index < -0.39 is 0 Å². The van der Waals surface area contributed by atoms with Gasteiger partial charge >= 0.3 is 0 Å². The largest absolute Gasteiger partial charge is 0.320 e. The third-order valence-electron chi connectivity index (χ3n) is 2.29. The van der Waals surface area contributed by atoms with E-state index in [0.29, 0.717) is 0 Å². The molecule has 2 rings (SSSR count). The van der Waals surface area contributed by atoms with Crippen molar-refractivity contribution in [2.45, 2.75) is 6.92 Å². The molecule has 15 heavy (non-hydrogen) atoms. The molecule has 0 unspecified atom stereocenters. The number of benzene rings is 1. The Balaban J connectivity index is 2.68. The van der Waals surface area contributed by atoms with E-state index in [1.807, 2.05) is 54.9 Å². The Hall–Kier alpha value is -1.48. The van der Waals surface area contributed by atoms with E-state index in [1.54, 1.807) is 0 Å². The average molecular weight is 216 g/mol. The Bertz CT molecular complexity index is 529. The van der Waals surface area contributed by atoms with Crippen LogP contribution in [0.15, 0.2) is 36.4 Å². The van der Waals surface area contributed by atoms with Gasteiger partial charge in [-0.2, -0.15) is 0 Å². The van der Waals surface area contributed by atoms with E-state index in [1.165, 1.54) is 0 Å². The normalized spacial score (nSPS) is 10.3. The summed E-state index contributed by atoms with van der Waals surface area (Å²) in [5, 5.41) is 0. The fourth-order valence-electron chi connectivity index (χ4n) is 1.50. The number of hydrogen-bond acceptors (Lipinski definition) is 2. The van der Waals surface area contributed by atoms with Crippen LogP contribution >= 0.6 is 12.2 Å². The zero-order valence-electron chi connectivity index (χ0n) is 8.77. The van der Waals surface area contributed by atoms with Gasteiger partial charge in [-0.15, -0.1) is 0 Å². The summed E-state index contributed by atoms with van der Waals surface area (Å²) in [7, 11) is 1.94. The van der Waals surface area contributed by atoms with Gasteiger partial charge in [0.05, 0.1) is 0 Å². The standard InChI is InChI=1S/C12H12N2S/c1-9-8-11(15)14(2)12(13-9)10-6-4-3-5-7-10/h3-8H,1-2H3. The van der Waals surface area contributed by atoms with Crippen molar-refractivity contribution in [2.75, 3.05) is 0 Å². The summed E-state index contributed by atoms with van der Waals surface area (Å²) in [5.74, 6) is 0.917. The van der Waals surface area contributed by atoms with Gasteiger partial charge in [0.15, 0.2) is 0 Å². The molecule has 1 heterocycles. The number of aryl methyl sites for hydroxylation is 1. The lowest BCUT2D eigenvalue weighted by Crippen LogP contribution is -2.02. The van der Waals surface area contributed by atoms with E-state index >= 15 is 0 Å². The molecule has 1 aromatic carbocycles. The second kappa shape index (κ2) is 3.95. The van der Waals surface area contributed by atoms with Crippen molar-refractivity contribution in [3.8, 4) is 11.4 Å². The van der Waals surface area contributed by atoms with Gasteiger partial charge in [-0.05, 0) is 13.0 Å². The van der Waals surface area contributed by atoms with E-state index in [2.05, 4.69) is 4.98 Å². The molecule has 0 atom stereocenters. The van der Waals surface area contributed by atoms with Gasteiger partial charge in [0.2, 0.25) is 0 Å². The third kappa shape index (κ3) is 1.97. The molecule has 0 saturated carbocycles. The summed E-state index contributed by atoms with van der Waals surface area (Å²) < 4.78 is 2.74. The molecular formula is C12H12N2S. The first-order valence-corrected chi connectivity index (χ1v) is 5.19. The molecule has 2 aromatic rings. The molecule has 0 saturated heterocycles. The highest BCUT2D eigenvalue weighted by atomic mass is 32.1. The molecule has 3 heteroatoms. The van der Waals surface area contributed by atoms with Gasteiger partial charge in [-0.25, -0.2) is 4.98 Å². The quantitative estimate of drug-likeness (QED) is 0.682. The lowest BCUT2D eigenvalue weighted by atomic mass is 10.2. The van der Waals surface area contributed by atoms with E-state index in [9.17, 15) is 0 Å². The topological polar surface area (TPSA) is 17.8 Å². The molecule has 0 aliphatic rings. The van der Waals surface area contributed by atoms with Crippen LogP contribution in [0.3, 0.4) is 0 Å². The fraction of sp³-hybridized carbons (Fsp3) is 0.167. The Morgan fingerprint density at radius 3 is 2.53 bits per heavy atom. The summed E-state index contributed by atoms with van der Waals surface area (Å²) in [6.07, 6.45) is 0. The van der Waals surface area contributed by atoms with Crippen LogP contribution in [0.1, 0.15) is 5.69 Å². The van der Waals surface area contributed by atoms with Crippen molar-refractivity contribution in [2.24, 2.45) is 7.05 Å². The third-order valence-corrected chi connectivity index (χ3v) is 2.69.